The molecule has 0 amide bonds. The molecule has 16 heavy (non-hydrogen) atoms. The van der Waals surface area contributed by atoms with Gasteiger partial charge in [0.1, 0.15) is 5.75 Å². The molecule has 0 saturated heterocycles. The Kier molecular flexibility index (Phi) is 3.82. The van der Waals surface area contributed by atoms with Crippen LogP contribution in [0.25, 0.3) is 0 Å². The van der Waals surface area contributed by atoms with E-state index >= 15 is 0 Å². The summed E-state index contributed by atoms with van der Waals surface area (Å²) in [5, 5.41) is 8.61. The van der Waals surface area contributed by atoms with Gasteiger partial charge in [-0.15, -0.1) is 0 Å². The first-order chi connectivity index (χ1) is 7.40. The Labute approximate surface area is 91.7 Å². The largest absolute Gasteiger partial charge is 0.491 e. The minimum absolute atomic E-state index is 0.0660. The summed E-state index contributed by atoms with van der Waals surface area (Å²) in [6, 6.07) is 1.72. The van der Waals surface area contributed by atoms with Gasteiger partial charge in [-0.25, -0.2) is 8.78 Å². The van der Waals surface area contributed by atoms with Gasteiger partial charge in [0.25, 0.3) is 0 Å². The quantitative estimate of drug-likeness (QED) is 0.863. The van der Waals surface area contributed by atoms with Gasteiger partial charge >= 0.3 is 5.97 Å². The predicted octanol–water partition coefficient (Wildman–Crippen LogP) is 2.38. The van der Waals surface area contributed by atoms with Crippen LogP contribution in [0.1, 0.15) is 19.4 Å². The van der Waals surface area contributed by atoms with Crippen molar-refractivity contribution in [2.24, 2.45) is 0 Å². The van der Waals surface area contributed by atoms with Crippen LogP contribution in [0.5, 0.6) is 5.75 Å². The van der Waals surface area contributed by atoms with Crippen LogP contribution in [0.15, 0.2) is 12.1 Å². The smallest absolute Gasteiger partial charge is 0.307 e. The molecule has 0 heterocycles. The fourth-order valence-corrected chi connectivity index (χ4v) is 1.23. The molecule has 1 rings (SSSR count). The predicted molar refractivity (Wildman–Crippen MR) is 53.5 cm³/mol. The van der Waals surface area contributed by atoms with E-state index in [1.54, 1.807) is 13.8 Å². The summed E-state index contributed by atoms with van der Waals surface area (Å²) in [6.07, 6.45) is -0.642. The molecule has 88 valence electrons. The first-order valence-corrected chi connectivity index (χ1v) is 4.76. The number of halogens is 2. The van der Waals surface area contributed by atoms with Crippen molar-refractivity contribution in [3.8, 4) is 5.75 Å². The van der Waals surface area contributed by atoms with Crippen LogP contribution >= 0.6 is 0 Å². The lowest BCUT2D eigenvalue weighted by Gasteiger charge is -2.13. The van der Waals surface area contributed by atoms with E-state index in [4.69, 9.17) is 9.84 Å². The van der Waals surface area contributed by atoms with Gasteiger partial charge in [0.05, 0.1) is 12.5 Å². The second-order valence-electron chi connectivity index (χ2n) is 3.61. The SMILES string of the molecule is CC(C)Oc1cc(F)c(F)cc1CC(=O)O. The standard InChI is InChI=1S/C11H12F2O3/c1-6(2)16-10-5-9(13)8(12)3-7(10)4-11(14)15/h3,5-6H,4H2,1-2H3,(H,14,15). The average Bonchev–Trinajstić information content (AvgIpc) is 2.11. The number of carbonyl (C=O) groups is 1. The summed E-state index contributed by atoms with van der Waals surface area (Å²) in [4.78, 5) is 10.5. The van der Waals surface area contributed by atoms with E-state index in [-0.39, 0.29) is 17.4 Å². The fourth-order valence-electron chi connectivity index (χ4n) is 1.23. The third kappa shape index (κ3) is 3.18. The van der Waals surface area contributed by atoms with E-state index < -0.39 is 24.0 Å². The minimum atomic E-state index is -1.13. The molecule has 1 aromatic carbocycles. The molecule has 3 nitrogen and oxygen atoms in total. The first-order valence-electron chi connectivity index (χ1n) is 4.76. The lowest BCUT2D eigenvalue weighted by Crippen LogP contribution is -2.10. The number of carboxylic acid groups (broad SMARTS) is 1. The summed E-state index contributed by atoms with van der Waals surface area (Å²) < 4.78 is 31.1. The molecule has 0 aliphatic heterocycles. The highest BCUT2D eigenvalue weighted by molar-refractivity contribution is 5.71. The van der Waals surface area contributed by atoms with Gasteiger partial charge in [0.2, 0.25) is 0 Å². The van der Waals surface area contributed by atoms with Crippen molar-refractivity contribution in [3.05, 3.63) is 29.3 Å². The first kappa shape index (κ1) is 12.4. The summed E-state index contributed by atoms with van der Waals surface area (Å²) >= 11 is 0. The molecule has 1 aromatic rings. The van der Waals surface area contributed by atoms with Gasteiger partial charge in [0, 0.05) is 11.6 Å². The molecule has 0 radical (unpaired) electrons. The van der Waals surface area contributed by atoms with Crippen LogP contribution in [-0.4, -0.2) is 17.2 Å². The Morgan fingerprint density at radius 1 is 1.38 bits per heavy atom. The maximum absolute atomic E-state index is 12.9. The molecule has 1 N–H and O–H groups in total. The van der Waals surface area contributed by atoms with Crippen LogP contribution in [0.2, 0.25) is 0 Å². The van der Waals surface area contributed by atoms with Crippen LogP contribution in [0, 0.1) is 11.6 Å². The van der Waals surface area contributed by atoms with Gasteiger partial charge in [-0.1, -0.05) is 0 Å². The average molecular weight is 230 g/mol. The van der Waals surface area contributed by atoms with E-state index in [2.05, 4.69) is 0 Å². The maximum Gasteiger partial charge on any atom is 0.307 e. The zero-order valence-corrected chi connectivity index (χ0v) is 8.96. The molecule has 0 bridgehead atoms. The van der Waals surface area contributed by atoms with Crippen molar-refractivity contribution in [2.45, 2.75) is 26.4 Å². The van der Waals surface area contributed by atoms with Gasteiger partial charge in [-0.2, -0.15) is 0 Å². The number of benzene rings is 1. The lowest BCUT2D eigenvalue weighted by molar-refractivity contribution is -0.136. The molecule has 0 spiro atoms. The molecular weight excluding hydrogens is 218 g/mol. The fraction of sp³-hybridized carbons (Fsp3) is 0.364. The number of rotatable bonds is 4. The Balaban J connectivity index is 3.11. The third-order valence-electron chi connectivity index (χ3n) is 1.81. The molecule has 0 unspecified atom stereocenters. The summed E-state index contributed by atoms with van der Waals surface area (Å²) in [7, 11) is 0. The van der Waals surface area contributed by atoms with E-state index in [1.807, 2.05) is 0 Å². The van der Waals surface area contributed by atoms with E-state index in [0.29, 0.717) is 0 Å². The van der Waals surface area contributed by atoms with Gasteiger partial charge in [-0.3, -0.25) is 4.79 Å². The van der Waals surface area contributed by atoms with Gasteiger partial charge in [0.15, 0.2) is 11.6 Å². The van der Waals surface area contributed by atoms with Crippen molar-refractivity contribution in [3.63, 3.8) is 0 Å². The number of ether oxygens (including phenoxy) is 1. The van der Waals surface area contributed by atoms with Crippen LogP contribution in [0.3, 0.4) is 0 Å². The minimum Gasteiger partial charge on any atom is -0.491 e. The zero-order chi connectivity index (χ0) is 12.3. The second-order valence-corrected chi connectivity index (χ2v) is 3.61. The van der Waals surface area contributed by atoms with Crippen molar-refractivity contribution >= 4 is 5.97 Å². The molecular formula is C11H12F2O3. The molecule has 0 atom stereocenters. The van der Waals surface area contributed by atoms with Crippen LogP contribution in [0.4, 0.5) is 8.78 Å². The molecule has 0 fully saturated rings. The Morgan fingerprint density at radius 3 is 2.44 bits per heavy atom. The van der Waals surface area contributed by atoms with Crippen molar-refractivity contribution in [1.29, 1.82) is 0 Å². The van der Waals surface area contributed by atoms with Crippen molar-refractivity contribution < 1.29 is 23.4 Å². The Morgan fingerprint density at radius 2 is 1.94 bits per heavy atom. The van der Waals surface area contributed by atoms with Gasteiger partial charge in [-0.05, 0) is 19.9 Å². The molecule has 0 saturated carbocycles. The number of hydrogen-bond acceptors (Lipinski definition) is 2. The van der Waals surface area contributed by atoms with Crippen molar-refractivity contribution in [1.82, 2.24) is 0 Å². The van der Waals surface area contributed by atoms with Gasteiger partial charge < -0.3 is 9.84 Å². The number of carboxylic acids is 1. The van der Waals surface area contributed by atoms with Crippen LogP contribution < -0.4 is 4.74 Å². The highest BCUT2D eigenvalue weighted by Crippen LogP contribution is 2.24. The van der Waals surface area contributed by atoms with E-state index in [0.717, 1.165) is 12.1 Å². The summed E-state index contributed by atoms with van der Waals surface area (Å²) in [5.74, 6) is -3.19. The molecule has 0 aromatic heterocycles. The second kappa shape index (κ2) is 4.92. The Hall–Kier alpha value is -1.65. The maximum atomic E-state index is 12.9. The van der Waals surface area contributed by atoms with Crippen molar-refractivity contribution in [2.75, 3.05) is 0 Å². The highest BCUT2D eigenvalue weighted by atomic mass is 19.2. The normalized spacial score (nSPS) is 10.6. The molecule has 5 heteroatoms. The lowest BCUT2D eigenvalue weighted by atomic mass is 10.1. The number of hydrogen-bond donors (Lipinski definition) is 1. The molecule has 0 aliphatic rings. The third-order valence-corrected chi connectivity index (χ3v) is 1.81. The highest BCUT2D eigenvalue weighted by Gasteiger charge is 2.14. The summed E-state index contributed by atoms with van der Waals surface area (Å²) in [6.45, 7) is 3.43. The summed E-state index contributed by atoms with van der Waals surface area (Å²) in [5.41, 5.74) is 0.125. The Bertz CT molecular complexity index is 402. The van der Waals surface area contributed by atoms with E-state index in [1.165, 1.54) is 0 Å². The number of aliphatic carboxylic acids is 1. The topological polar surface area (TPSA) is 46.5 Å². The van der Waals surface area contributed by atoms with E-state index in [9.17, 15) is 13.6 Å². The monoisotopic (exact) mass is 230 g/mol. The van der Waals surface area contributed by atoms with Crippen LogP contribution in [-0.2, 0) is 11.2 Å². The molecule has 0 aliphatic carbocycles. The zero-order valence-electron chi connectivity index (χ0n) is 8.96.